The summed E-state index contributed by atoms with van der Waals surface area (Å²) in [7, 11) is 0. The van der Waals surface area contributed by atoms with Crippen LogP contribution in [-0.2, 0) is 4.74 Å². The summed E-state index contributed by atoms with van der Waals surface area (Å²) in [4.78, 5) is 11.1. The van der Waals surface area contributed by atoms with Gasteiger partial charge in [-0.2, -0.15) is 0 Å². The summed E-state index contributed by atoms with van der Waals surface area (Å²) in [5.41, 5.74) is 0.354. The number of carbonyl (C=O) groups is 1. The van der Waals surface area contributed by atoms with Crippen molar-refractivity contribution in [1.29, 1.82) is 0 Å². The lowest BCUT2D eigenvalue weighted by Crippen LogP contribution is -2.35. The summed E-state index contributed by atoms with van der Waals surface area (Å²) in [6.45, 7) is 5.26. The van der Waals surface area contributed by atoms with Crippen LogP contribution in [0, 0.1) is 5.41 Å². The van der Waals surface area contributed by atoms with Gasteiger partial charge in [0.25, 0.3) is 0 Å². The van der Waals surface area contributed by atoms with Crippen LogP contribution in [0.5, 0.6) is 0 Å². The van der Waals surface area contributed by atoms with E-state index in [0.717, 1.165) is 13.0 Å². The van der Waals surface area contributed by atoms with Crippen LogP contribution in [0.2, 0.25) is 0 Å². The molecule has 3 heteroatoms. The minimum Gasteiger partial charge on any atom is -0.450 e. The van der Waals surface area contributed by atoms with Crippen LogP contribution in [0.15, 0.2) is 0 Å². The van der Waals surface area contributed by atoms with Gasteiger partial charge < -0.3 is 10.1 Å². The first-order valence-corrected chi connectivity index (χ1v) is 5.63. The van der Waals surface area contributed by atoms with Crippen molar-refractivity contribution in [3.63, 3.8) is 0 Å². The van der Waals surface area contributed by atoms with Crippen molar-refractivity contribution >= 4 is 6.09 Å². The minimum atomic E-state index is -0.271. The van der Waals surface area contributed by atoms with E-state index in [9.17, 15) is 4.79 Å². The van der Waals surface area contributed by atoms with Crippen LogP contribution in [-0.4, -0.2) is 19.2 Å². The molecule has 1 aliphatic rings. The SMILES string of the molecule is CCOC(=O)NCC1(CC)CCCC1. The van der Waals surface area contributed by atoms with Gasteiger partial charge in [-0.15, -0.1) is 0 Å². The first-order valence-electron chi connectivity index (χ1n) is 5.63. The van der Waals surface area contributed by atoms with Crippen LogP contribution >= 0.6 is 0 Å². The molecule has 1 fully saturated rings. The van der Waals surface area contributed by atoms with Crippen molar-refractivity contribution in [3.8, 4) is 0 Å². The zero-order valence-corrected chi connectivity index (χ0v) is 9.27. The first kappa shape index (κ1) is 11.3. The van der Waals surface area contributed by atoms with E-state index in [0.29, 0.717) is 12.0 Å². The zero-order valence-electron chi connectivity index (χ0n) is 9.27. The second-order valence-corrected chi connectivity index (χ2v) is 4.13. The van der Waals surface area contributed by atoms with Gasteiger partial charge in [0, 0.05) is 6.54 Å². The van der Waals surface area contributed by atoms with E-state index in [1.807, 2.05) is 6.92 Å². The van der Waals surface area contributed by atoms with Gasteiger partial charge in [-0.05, 0) is 31.6 Å². The number of amides is 1. The van der Waals surface area contributed by atoms with Crippen LogP contribution in [0.1, 0.15) is 46.0 Å². The molecule has 1 saturated carbocycles. The highest BCUT2D eigenvalue weighted by molar-refractivity contribution is 5.67. The lowest BCUT2D eigenvalue weighted by atomic mass is 9.83. The van der Waals surface area contributed by atoms with E-state index >= 15 is 0 Å². The molecular formula is C11H21NO2. The van der Waals surface area contributed by atoms with Crippen LogP contribution < -0.4 is 5.32 Å². The topological polar surface area (TPSA) is 38.3 Å². The summed E-state index contributed by atoms with van der Waals surface area (Å²) >= 11 is 0. The third-order valence-corrected chi connectivity index (χ3v) is 3.30. The quantitative estimate of drug-likeness (QED) is 0.756. The molecule has 0 bridgehead atoms. The second-order valence-electron chi connectivity index (χ2n) is 4.13. The van der Waals surface area contributed by atoms with E-state index in [1.165, 1.54) is 25.7 Å². The molecule has 0 aromatic rings. The highest BCUT2D eigenvalue weighted by atomic mass is 16.5. The Labute approximate surface area is 86.2 Å². The van der Waals surface area contributed by atoms with E-state index in [4.69, 9.17) is 4.74 Å². The molecule has 0 radical (unpaired) electrons. The van der Waals surface area contributed by atoms with Crippen molar-refractivity contribution in [2.45, 2.75) is 46.0 Å². The second kappa shape index (κ2) is 5.23. The molecule has 0 aliphatic heterocycles. The monoisotopic (exact) mass is 199 g/mol. The Balaban J connectivity index is 2.30. The van der Waals surface area contributed by atoms with Gasteiger partial charge in [-0.3, -0.25) is 0 Å². The third-order valence-electron chi connectivity index (χ3n) is 3.30. The zero-order chi connectivity index (χ0) is 10.4. The molecule has 0 saturated heterocycles. The molecular weight excluding hydrogens is 178 g/mol. The number of nitrogens with one attached hydrogen (secondary N) is 1. The summed E-state index contributed by atoms with van der Waals surface area (Å²) in [6.07, 6.45) is 5.98. The lowest BCUT2D eigenvalue weighted by Gasteiger charge is -2.27. The van der Waals surface area contributed by atoms with Crippen molar-refractivity contribution < 1.29 is 9.53 Å². The summed E-state index contributed by atoms with van der Waals surface area (Å²) in [5, 5.41) is 2.86. The largest absolute Gasteiger partial charge is 0.450 e. The van der Waals surface area contributed by atoms with Crippen LogP contribution in [0.25, 0.3) is 0 Å². The molecule has 0 aromatic carbocycles. The van der Waals surface area contributed by atoms with E-state index < -0.39 is 0 Å². The highest BCUT2D eigenvalue weighted by Crippen LogP contribution is 2.40. The van der Waals surface area contributed by atoms with Crippen molar-refractivity contribution in [2.75, 3.05) is 13.2 Å². The van der Waals surface area contributed by atoms with Crippen molar-refractivity contribution in [1.82, 2.24) is 5.32 Å². The molecule has 0 atom stereocenters. The molecule has 1 aliphatic carbocycles. The third kappa shape index (κ3) is 2.89. The van der Waals surface area contributed by atoms with Gasteiger partial charge in [0.05, 0.1) is 6.61 Å². The van der Waals surface area contributed by atoms with Gasteiger partial charge in [-0.1, -0.05) is 19.8 Å². The Hall–Kier alpha value is -0.730. The number of ether oxygens (including phenoxy) is 1. The molecule has 0 heterocycles. The normalized spacial score (nSPS) is 19.3. The molecule has 0 unspecified atom stereocenters. The van der Waals surface area contributed by atoms with E-state index in [1.54, 1.807) is 0 Å². The fourth-order valence-electron chi connectivity index (χ4n) is 2.22. The van der Waals surface area contributed by atoms with Crippen LogP contribution in [0.4, 0.5) is 4.79 Å². The Morgan fingerprint density at radius 2 is 2.00 bits per heavy atom. The predicted molar refractivity (Wildman–Crippen MR) is 56.2 cm³/mol. The molecule has 82 valence electrons. The van der Waals surface area contributed by atoms with E-state index in [-0.39, 0.29) is 6.09 Å². The maximum atomic E-state index is 11.1. The average molecular weight is 199 g/mol. The number of hydrogen-bond donors (Lipinski definition) is 1. The average Bonchev–Trinajstić information content (AvgIpc) is 2.65. The number of rotatable bonds is 4. The first-order chi connectivity index (χ1) is 6.72. The molecule has 1 rings (SSSR count). The van der Waals surface area contributed by atoms with Gasteiger partial charge in [-0.25, -0.2) is 4.79 Å². The number of hydrogen-bond acceptors (Lipinski definition) is 2. The smallest absolute Gasteiger partial charge is 0.407 e. The maximum absolute atomic E-state index is 11.1. The molecule has 14 heavy (non-hydrogen) atoms. The highest BCUT2D eigenvalue weighted by Gasteiger charge is 2.32. The Morgan fingerprint density at radius 1 is 1.36 bits per heavy atom. The van der Waals surface area contributed by atoms with Crippen molar-refractivity contribution in [3.05, 3.63) is 0 Å². The Morgan fingerprint density at radius 3 is 2.50 bits per heavy atom. The van der Waals surface area contributed by atoms with Crippen molar-refractivity contribution in [2.24, 2.45) is 5.41 Å². The molecule has 0 aromatic heterocycles. The molecule has 1 N–H and O–H groups in total. The summed E-state index contributed by atoms with van der Waals surface area (Å²) in [6, 6.07) is 0. The predicted octanol–water partition coefficient (Wildman–Crippen LogP) is 2.70. The van der Waals surface area contributed by atoms with Gasteiger partial charge in [0.2, 0.25) is 0 Å². The minimum absolute atomic E-state index is 0.271. The lowest BCUT2D eigenvalue weighted by molar-refractivity contribution is 0.144. The van der Waals surface area contributed by atoms with Crippen LogP contribution in [0.3, 0.4) is 0 Å². The molecule has 1 amide bonds. The fraction of sp³-hybridized carbons (Fsp3) is 0.909. The van der Waals surface area contributed by atoms with Gasteiger partial charge in [0.1, 0.15) is 0 Å². The van der Waals surface area contributed by atoms with Gasteiger partial charge in [0.15, 0.2) is 0 Å². The Bertz CT molecular complexity index is 186. The standard InChI is InChI=1S/C11H21NO2/c1-3-11(7-5-6-8-11)9-12-10(13)14-4-2/h3-9H2,1-2H3,(H,12,13). The Kier molecular flexibility index (Phi) is 4.23. The molecule has 3 nitrogen and oxygen atoms in total. The molecule has 0 spiro atoms. The van der Waals surface area contributed by atoms with E-state index in [2.05, 4.69) is 12.2 Å². The summed E-state index contributed by atoms with van der Waals surface area (Å²) in [5.74, 6) is 0. The fourth-order valence-corrected chi connectivity index (χ4v) is 2.22. The summed E-state index contributed by atoms with van der Waals surface area (Å²) < 4.78 is 4.84. The number of carbonyl (C=O) groups excluding carboxylic acids is 1. The van der Waals surface area contributed by atoms with Gasteiger partial charge >= 0.3 is 6.09 Å². The number of alkyl carbamates (subject to hydrolysis) is 1. The maximum Gasteiger partial charge on any atom is 0.407 e.